The molecule has 10 heteroatoms. The molecule has 1 aliphatic carbocycles. The van der Waals surface area contributed by atoms with Crippen LogP contribution in [0.25, 0.3) is 27.9 Å². The van der Waals surface area contributed by atoms with Crippen LogP contribution in [0.4, 0.5) is 13.2 Å². The van der Waals surface area contributed by atoms with Crippen molar-refractivity contribution in [2.45, 2.75) is 50.9 Å². The summed E-state index contributed by atoms with van der Waals surface area (Å²) in [6.07, 6.45) is 4.26. The Balaban J connectivity index is 1.37. The standard InChI is InChI=1S/C34H31F3N4O3/c35-34(36,37)26-17-14-23(15-18-26)31-28(8-4-5-9-30(42)43)39-29-20-25(16-19-27(29)40-31)33(44)41-32(38)24-12-10-22(11-13-24)21-6-2-1-3-7-21/h1-2,6,10-20,32H,3-5,7-9,38H2,(H,41,44)(H,42,43). The molecular formula is C34H31F3N4O3. The summed E-state index contributed by atoms with van der Waals surface area (Å²) in [5.74, 6) is -1.32. The summed E-state index contributed by atoms with van der Waals surface area (Å²) in [4.78, 5) is 33.5. The van der Waals surface area contributed by atoms with E-state index in [1.54, 1.807) is 18.2 Å². The molecule has 0 spiro atoms. The van der Waals surface area contributed by atoms with E-state index < -0.39 is 29.8 Å². The molecule has 0 radical (unpaired) electrons. The molecule has 0 saturated heterocycles. The SMILES string of the molecule is NC(NC(=O)c1ccc2nc(-c3ccc(C(F)(F)F)cc3)c(CCCCC(=O)O)nc2c1)c1ccc(C2=CC=CCC2)cc1. The van der Waals surface area contributed by atoms with Gasteiger partial charge in [-0.3, -0.25) is 9.59 Å². The van der Waals surface area contributed by atoms with Gasteiger partial charge in [-0.05, 0) is 79.1 Å². The van der Waals surface area contributed by atoms with Gasteiger partial charge in [0.2, 0.25) is 0 Å². The Morgan fingerprint density at radius 1 is 0.932 bits per heavy atom. The second-order valence-electron chi connectivity index (χ2n) is 10.6. The molecule has 1 amide bonds. The normalized spacial score (nSPS) is 13.9. The molecule has 0 fully saturated rings. The first-order chi connectivity index (χ1) is 21.1. The molecule has 0 aliphatic heterocycles. The number of fused-ring (bicyclic) bond motifs is 1. The van der Waals surface area contributed by atoms with Crippen LogP contribution in [0.15, 0.2) is 85.0 Å². The lowest BCUT2D eigenvalue weighted by molar-refractivity contribution is -0.138. The second-order valence-corrected chi connectivity index (χ2v) is 10.6. The summed E-state index contributed by atoms with van der Waals surface area (Å²) in [6.45, 7) is 0. The van der Waals surface area contributed by atoms with Gasteiger partial charge in [-0.15, -0.1) is 0 Å². The predicted molar refractivity (Wildman–Crippen MR) is 162 cm³/mol. The number of benzene rings is 3. The van der Waals surface area contributed by atoms with Crippen LogP contribution in [0.5, 0.6) is 0 Å². The molecular weight excluding hydrogens is 569 g/mol. The monoisotopic (exact) mass is 600 g/mol. The van der Waals surface area contributed by atoms with Crippen LogP contribution in [-0.4, -0.2) is 27.0 Å². The molecule has 1 aliphatic rings. The number of nitrogens with one attached hydrogen (secondary N) is 1. The maximum absolute atomic E-state index is 13.1. The number of carbonyl (C=O) groups is 2. The highest BCUT2D eigenvalue weighted by Gasteiger charge is 2.30. The van der Waals surface area contributed by atoms with E-state index in [9.17, 15) is 22.8 Å². The molecule has 0 saturated carbocycles. The molecule has 7 nitrogen and oxygen atoms in total. The predicted octanol–water partition coefficient (Wildman–Crippen LogP) is 7.23. The van der Waals surface area contributed by atoms with E-state index in [2.05, 4.69) is 22.5 Å². The molecule has 4 aromatic rings. The van der Waals surface area contributed by atoms with Gasteiger partial charge in [-0.2, -0.15) is 13.2 Å². The molecule has 1 heterocycles. The highest BCUT2D eigenvalue weighted by Crippen LogP contribution is 2.32. The number of alkyl halides is 3. The van der Waals surface area contributed by atoms with Crippen molar-refractivity contribution < 1.29 is 27.9 Å². The highest BCUT2D eigenvalue weighted by atomic mass is 19.4. The van der Waals surface area contributed by atoms with E-state index in [1.807, 2.05) is 30.3 Å². The molecule has 0 bridgehead atoms. The summed E-state index contributed by atoms with van der Waals surface area (Å²) in [7, 11) is 0. The van der Waals surface area contributed by atoms with E-state index in [-0.39, 0.29) is 6.42 Å². The number of unbranched alkanes of at least 4 members (excludes halogenated alkanes) is 1. The minimum absolute atomic E-state index is 0.0148. The van der Waals surface area contributed by atoms with Crippen LogP contribution in [0.2, 0.25) is 0 Å². The number of carboxylic acid groups (broad SMARTS) is 1. The van der Waals surface area contributed by atoms with Crippen LogP contribution < -0.4 is 11.1 Å². The Kier molecular flexibility index (Phi) is 9.20. The number of aliphatic carboxylic acids is 1. The molecule has 44 heavy (non-hydrogen) atoms. The molecule has 5 rings (SSSR count). The molecule has 1 aromatic heterocycles. The van der Waals surface area contributed by atoms with Crippen LogP contribution in [0.1, 0.15) is 71.0 Å². The van der Waals surface area contributed by atoms with Crippen LogP contribution >= 0.6 is 0 Å². The first kappa shape index (κ1) is 30.6. The third-order valence-corrected chi connectivity index (χ3v) is 7.48. The van der Waals surface area contributed by atoms with Gasteiger partial charge in [0, 0.05) is 17.5 Å². The number of allylic oxidation sites excluding steroid dienone is 4. The van der Waals surface area contributed by atoms with Crippen molar-refractivity contribution in [3.8, 4) is 11.3 Å². The lowest BCUT2D eigenvalue weighted by atomic mass is 9.96. The maximum Gasteiger partial charge on any atom is 0.416 e. The Hall–Kier alpha value is -4.83. The van der Waals surface area contributed by atoms with Crippen LogP contribution in [0, 0.1) is 0 Å². The number of hydrogen-bond donors (Lipinski definition) is 3. The first-order valence-corrected chi connectivity index (χ1v) is 14.3. The summed E-state index contributed by atoms with van der Waals surface area (Å²) < 4.78 is 39.4. The fourth-order valence-electron chi connectivity index (χ4n) is 5.08. The average Bonchev–Trinajstić information content (AvgIpc) is 3.02. The molecule has 226 valence electrons. The fraction of sp³-hybridized carbons (Fsp3) is 0.235. The summed E-state index contributed by atoms with van der Waals surface area (Å²) in [6, 6.07) is 17.3. The van der Waals surface area contributed by atoms with Gasteiger partial charge in [-0.25, -0.2) is 9.97 Å². The third kappa shape index (κ3) is 7.38. The largest absolute Gasteiger partial charge is 0.481 e. The topological polar surface area (TPSA) is 118 Å². The molecule has 4 N–H and O–H groups in total. The quantitative estimate of drug-likeness (QED) is 0.131. The van der Waals surface area contributed by atoms with Crippen molar-refractivity contribution in [1.29, 1.82) is 0 Å². The number of halogens is 3. The minimum Gasteiger partial charge on any atom is -0.481 e. The number of carboxylic acids is 1. The van der Waals surface area contributed by atoms with E-state index >= 15 is 0 Å². The van der Waals surface area contributed by atoms with Crippen molar-refractivity contribution in [2.24, 2.45) is 5.73 Å². The molecule has 1 unspecified atom stereocenters. The Bertz CT molecular complexity index is 1730. The number of nitrogens with zero attached hydrogens (tertiary/aromatic N) is 2. The lowest BCUT2D eigenvalue weighted by Crippen LogP contribution is -2.34. The van der Waals surface area contributed by atoms with Crippen LogP contribution in [-0.2, 0) is 17.4 Å². The van der Waals surface area contributed by atoms with E-state index in [1.165, 1.54) is 17.7 Å². The third-order valence-electron chi connectivity index (χ3n) is 7.48. The summed E-state index contributed by atoms with van der Waals surface area (Å²) in [5.41, 5.74) is 11.2. The number of rotatable bonds is 10. The van der Waals surface area contributed by atoms with E-state index in [4.69, 9.17) is 15.8 Å². The maximum atomic E-state index is 13.1. The molecule has 1 atom stereocenters. The zero-order valence-electron chi connectivity index (χ0n) is 23.8. The first-order valence-electron chi connectivity index (χ1n) is 14.3. The van der Waals surface area contributed by atoms with E-state index in [0.717, 1.165) is 36.1 Å². The van der Waals surface area contributed by atoms with Crippen LogP contribution in [0.3, 0.4) is 0 Å². The summed E-state index contributed by atoms with van der Waals surface area (Å²) >= 11 is 0. The number of aromatic nitrogens is 2. The van der Waals surface area contributed by atoms with Crippen molar-refractivity contribution >= 4 is 28.5 Å². The van der Waals surface area contributed by atoms with Crippen molar-refractivity contribution in [2.75, 3.05) is 0 Å². The van der Waals surface area contributed by atoms with Gasteiger partial charge in [0.15, 0.2) is 0 Å². The highest BCUT2D eigenvalue weighted by molar-refractivity contribution is 5.97. The van der Waals surface area contributed by atoms with Gasteiger partial charge in [0.05, 0.1) is 28.0 Å². The number of hydrogen-bond acceptors (Lipinski definition) is 5. The number of nitrogens with two attached hydrogens (primary N) is 1. The molecule has 3 aromatic carbocycles. The lowest BCUT2D eigenvalue weighted by Gasteiger charge is -2.16. The zero-order valence-corrected chi connectivity index (χ0v) is 23.8. The van der Waals surface area contributed by atoms with Gasteiger partial charge in [-0.1, -0.05) is 54.6 Å². The van der Waals surface area contributed by atoms with E-state index in [0.29, 0.717) is 52.8 Å². The Morgan fingerprint density at radius 3 is 2.32 bits per heavy atom. The average molecular weight is 601 g/mol. The van der Waals surface area contributed by atoms with Crippen molar-refractivity contribution in [1.82, 2.24) is 15.3 Å². The smallest absolute Gasteiger partial charge is 0.416 e. The minimum atomic E-state index is -4.47. The summed E-state index contributed by atoms with van der Waals surface area (Å²) in [5, 5.41) is 11.8. The van der Waals surface area contributed by atoms with Gasteiger partial charge < -0.3 is 16.2 Å². The van der Waals surface area contributed by atoms with Gasteiger partial charge >= 0.3 is 12.1 Å². The number of carbonyl (C=O) groups excluding carboxylic acids is 1. The number of aryl methyl sites for hydroxylation is 1. The Morgan fingerprint density at radius 2 is 1.66 bits per heavy atom. The second kappa shape index (κ2) is 13.2. The van der Waals surface area contributed by atoms with Crippen molar-refractivity contribution in [3.05, 3.63) is 113 Å². The Labute approximate surface area is 252 Å². The van der Waals surface area contributed by atoms with Gasteiger partial charge in [0.25, 0.3) is 5.91 Å². The van der Waals surface area contributed by atoms with Crippen molar-refractivity contribution in [3.63, 3.8) is 0 Å². The fourth-order valence-corrected chi connectivity index (χ4v) is 5.08. The number of amides is 1. The van der Waals surface area contributed by atoms with Gasteiger partial charge in [0.1, 0.15) is 6.17 Å². The zero-order chi connectivity index (χ0) is 31.3.